The molecule has 4 rings (SSSR count). The van der Waals surface area contributed by atoms with Crippen molar-refractivity contribution in [2.24, 2.45) is 0 Å². The van der Waals surface area contributed by atoms with Crippen molar-refractivity contribution in [3.8, 4) is 11.4 Å². The van der Waals surface area contributed by atoms with Gasteiger partial charge >= 0.3 is 17.9 Å². The Labute approximate surface area is 236 Å². The molecule has 2 fully saturated rings. The van der Waals surface area contributed by atoms with E-state index < -0.39 is 53.6 Å². The fourth-order valence-corrected chi connectivity index (χ4v) is 6.34. The third-order valence-electron chi connectivity index (χ3n) is 6.68. The lowest BCUT2D eigenvalue weighted by Gasteiger charge is -2.44. The molecule has 1 saturated heterocycles. The minimum absolute atomic E-state index is 0.172. The second kappa shape index (κ2) is 13.3. The van der Waals surface area contributed by atoms with Crippen molar-refractivity contribution in [3.63, 3.8) is 0 Å². The molecule has 1 aliphatic heterocycles. The zero-order valence-corrected chi connectivity index (χ0v) is 23.7. The van der Waals surface area contributed by atoms with E-state index in [0.29, 0.717) is 11.0 Å². The summed E-state index contributed by atoms with van der Waals surface area (Å²) in [5, 5.41) is 12.4. The molecule has 1 amide bonds. The average molecular weight is 575 g/mol. The van der Waals surface area contributed by atoms with Gasteiger partial charge in [-0.15, -0.1) is 10.2 Å². The Morgan fingerprint density at radius 2 is 1.60 bits per heavy atom. The van der Waals surface area contributed by atoms with Crippen LogP contribution < -0.4 is 5.32 Å². The summed E-state index contributed by atoms with van der Waals surface area (Å²) in [5.41, 5.74) is 0.0470. The maximum absolute atomic E-state index is 12.3. The Hall–Kier alpha value is -3.45. The molecule has 1 saturated carbocycles. The van der Waals surface area contributed by atoms with Crippen LogP contribution >= 0.6 is 11.8 Å². The van der Waals surface area contributed by atoms with Gasteiger partial charge in [-0.25, -0.2) is 0 Å². The van der Waals surface area contributed by atoms with Crippen molar-refractivity contribution in [3.05, 3.63) is 30.3 Å². The molecule has 216 valence electrons. The molecular weight excluding hydrogens is 540 g/mol. The quantitative estimate of drug-likeness (QED) is 0.348. The summed E-state index contributed by atoms with van der Waals surface area (Å²) in [4.78, 5) is 48.1. The van der Waals surface area contributed by atoms with Crippen LogP contribution in [-0.2, 0) is 38.1 Å². The molecule has 5 atom stereocenters. The van der Waals surface area contributed by atoms with Crippen molar-refractivity contribution in [1.29, 1.82) is 0 Å². The number of nitrogens with zero attached hydrogens (tertiary/aromatic N) is 3. The minimum Gasteiger partial charge on any atom is -0.463 e. The number of rotatable bonds is 9. The summed E-state index contributed by atoms with van der Waals surface area (Å²) in [6, 6.07) is 8.98. The van der Waals surface area contributed by atoms with Gasteiger partial charge in [0.1, 0.15) is 24.2 Å². The number of nitrogens with one attached hydrogen (secondary N) is 1. The number of carbonyl (C=O) groups excluding carboxylic acids is 4. The molecule has 1 aromatic carbocycles. The Balaban J connectivity index is 1.75. The monoisotopic (exact) mass is 574 g/mol. The Morgan fingerprint density at radius 1 is 0.950 bits per heavy atom. The van der Waals surface area contributed by atoms with E-state index in [2.05, 4.69) is 20.1 Å². The number of amides is 1. The number of benzene rings is 1. The summed E-state index contributed by atoms with van der Waals surface area (Å²) >= 11 is 1.21. The maximum atomic E-state index is 12.3. The summed E-state index contributed by atoms with van der Waals surface area (Å²) in [6.45, 7) is 4.73. The third kappa shape index (κ3) is 7.19. The van der Waals surface area contributed by atoms with E-state index in [1.54, 1.807) is 0 Å². The summed E-state index contributed by atoms with van der Waals surface area (Å²) < 4.78 is 24.8. The number of thioether (sulfide) groups is 1. The van der Waals surface area contributed by atoms with Crippen LogP contribution in [0.5, 0.6) is 0 Å². The normalized spacial score (nSPS) is 24.8. The van der Waals surface area contributed by atoms with Crippen LogP contribution in [0.15, 0.2) is 35.5 Å². The lowest BCUT2D eigenvalue weighted by molar-refractivity contribution is -0.211. The summed E-state index contributed by atoms with van der Waals surface area (Å²) in [7, 11) is 0. The molecule has 1 aliphatic carbocycles. The third-order valence-corrected chi connectivity index (χ3v) is 7.80. The van der Waals surface area contributed by atoms with Crippen molar-refractivity contribution in [2.45, 2.75) is 94.4 Å². The Bertz CT molecular complexity index is 1220. The molecule has 12 nitrogen and oxygen atoms in total. The van der Waals surface area contributed by atoms with Crippen LogP contribution in [0.1, 0.15) is 59.4 Å². The number of ether oxygens (including phenoxy) is 4. The molecular formula is C27H34N4O8S. The first-order chi connectivity index (χ1) is 19.1. The van der Waals surface area contributed by atoms with Gasteiger partial charge in [-0.05, 0) is 12.8 Å². The Kier molecular flexibility index (Phi) is 9.80. The van der Waals surface area contributed by atoms with Gasteiger partial charge in [0.2, 0.25) is 5.91 Å². The topological polar surface area (TPSA) is 148 Å². The Morgan fingerprint density at radius 3 is 2.20 bits per heavy atom. The molecule has 40 heavy (non-hydrogen) atoms. The zero-order valence-electron chi connectivity index (χ0n) is 22.9. The standard InChI is InChI=1S/C27H34N4O8S/c1-15(32)28-22-24(38-18(4)35)23(37-17(3)34)21(14-36-16(2)33)39-26(22)40-27-30-29-25(19-10-6-5-7-11-19)31(27)20-12-8-9-13-20/h5-7,10-11,20-24,26H,8-9,12-14H2,1-4H3,(H,28,32). The molecule has 0 spiro atoms. The lowest BCUT2D eigenvalue weighted by Crippen LogP contribution is -2.65. The van der Waals surface area contributed by atoms with Crippen LogP contribution in [0, 0.1) is 0 Å². The highest BCUT2D eigenvalue weighted by Gasteiger charge is 2.51. The van der Waals surface area contributed by atoms with E-state index in [4.69, 9.17) is 18.9 Å². The van der Waals surface area contributed by atoms with E-state index in [-0.39, 0.29) is 12.6 Å². The number of aromatic nitrogens is 3. The summed E-state index contributed by atoms with van der Waals surface area (Å²) in [5.74, 6) is -1.54. The number of hydrogen-bond donors (Lipinski definition) is 1. The number of carbonyl (C=O) groups is 4. The average Bonchev–Trinajstić information content (AvgIpc) is 3.56. The van der Waals surface area contributed by atoms with Crippen molar-refractivity contribution < 1.29 is 38.1 Å². The first kappa shape index (κ1) is 29.5. The van der Waals surface area contributed by atoms with E-state index in [0.717, 1.165) is 31.2 Å². The molecule has 5 unspecified atom stereocenters. The van der Waals surface area contributed by atoms with E-state index in [1.807, 2.05) is 30.3 Å². The first-order valence-electron chi connectivity index (χ1n) is 13.2. The minimum atomic E-state index is -1.15. The van der Waals surface area contributed by atoms with Gasteiger partial charge in [-0.1, -0.05) is 54.9 Å². The van der Waals surface area contributed by atoms with Crippen molar-refractivity contribution >= 4 is 35.6 Å². The lowest BCUT2D eigenvalue weighted by atomic mass is 9.97. The van der Waals surface area contributed by atoms with Crippen LogP contribution in [0.2, 0.25) is 0 Å². The fourth-order valence-electron chi connectivity index (χ4n) is 5.13. The second-order valence-corrected chi connectivity index (χ2v) is 10.9. The fraction of sp³-hybridized carbons (Fsp3) is 0.556. The second-order valence-electron chi connectivity index (χ2n) is 9.82. The van der Waals surface area contributed by atoms with Crippen LogP contribution in [0.3, 0.4) is 0 Å². The molecule has 2 aromatic rings. The van der Waals surface area contributed by atoms with Gasteiger partial charge < -0.3 is 24.3 Å². The van der Waals surface area contributed by atoms with E-state index >= 15 is 0 Å². The van der Waals surface area contributed by atoms with Crippen LogP contribution in [0.25, 0.3) is 11.4 Å². The largest absolute Gasteiger partial charge is 0.463 e. The van der Waals surface area contributed by atoms with Gasteiger partial charge in [0.15, 0.2) is 23.2 Å². The smallest absolute Gasteiger partial charge is 0.303 e. The van der Waals surface area contributed by atoms with E-state index in [9.17, 15) is 19.2 Å². The van der Waals surface area contributed by atoms with Crippen molar-refractivity contribution in [1.82, 2.24) is 20.1 Å². The molecule has 2 heterocycles. The maximum Gasteiger partial charge on any atom is 0.303 e. The molecule has 13 heteroatoms. The molecule has 0 bridgehead atoms. The van der Waals surface area contributed by atoms with Gasteiger partial charge in [-0.2, -0.15) is 0 Å². The highest BCUT2D eigenvalue weighted by Crippen LogP contribution is 2.40. The predicted molar refractivity (Wildman–Crippen MR) is 143 cm³/mol. The van der Waals surface area contributed by atoms with Gasteiger partial charge in [0, 0.05) is 39.3 Å². The molecule has 1 aromatic heterocycles. The molecule has 1 N–H and O–H groups in total. The van der Waals surface area contributed by atoms with Crippen LogP contribution in [-0.4, -0.2) is 75.0 Å². The number of esters is 3. The predicted octanol–water partition coefficient (Wildman–Crippen LogP) is 2.81. The van der Waals surface area contributed by atoms with Gasteiger partial charge in [-0.3, -0.25) is 23.7 Å². The van der Waals surface area contributed by atoms with Crippen molar-refractivity contribution in [2.75, 3.05) is 6.61 Å². The van der Waals surface area contributed by atoms with E-state index in [1.165, 1.54) is 39.5 Å². The SMILES string of the molecule is CC(=O)NC1C(Sc2nnc(-c3ccccc3)n2C2CCCC2)OC(COC(C)=O)C(OC(C)=O)C1OC(C)=O. The molecule has 2 aliphatic rings. The highest BCUT2D eigenvalue weighted by molar-refractivity contribution is 7.99. The van der Waals surface area contributed by atoms with Gasteiger partial charge in [0.05, 0.1) is 0 Å². The summed E-state index contributed by atoms with van der Waals surface area (Å²) in [6.07, 6.45) is 0.821. The highest BCUT2D eigenvalue weighted by atomic mass is 32.2. The molecule has 0 radical (unpaired) electrons. The number of hydrogen-bond acceptors (Lipinski definition) is 11. The first-order valence-corrected chi connectivity index (χ1v) is 14.1. The van der Waals surface area contributed by atoms with Gasteiger partial charge in [0.25, 0.3) is 0 Å². The van der Waals surface area contributed by atoms with Crippen LogP contribution in [0.4, 0.5) is 0 Å². The zero-order chi connectivity index (χ0) is 28.8.